The monoisotopic (exact) mass is 553 g/mol. The summed E-state index contributed by atoms with van der Waals surface area (Å²) in [6, 6.07) is 6.88. The third-order valence-corrected chi connectivity index (χ3v) is 7.40. The maximum Gasteiger partial charge on any atom is 0.434 e. The predicted molar refractivity (Wildman–Crippen MR) is 139 cm³/mol. The Morgan fingerprint density at radius 2 is 1.77 bits per heavy atom. The van der Waals surface area contributed by atoms with E-state index in [9.17, 15) is 17.6 Å². The van der Waals surface area contributed by atoms with Gasteiger partial charge in [0, 0.05) is 36.3 Å². The molecule has 3 aromatic heterocycles. The molecule has 3 heterocycles. The van der Waals surface area contributed by atoms with Crippen molar-refractivity contribution in [3.05, 3.63) is 65.0 Å². The summed E-state index contributed by atoms with van der Waals surface area (Å²) < 4.78 is 61.1. The molecule has 6 rings (SSSR count). The van der Waals surface area contributed by atoms with Gasteiger partial charge in [0.15, 0.2) is 11.5 Å². The van der Waals surface area contributed by atoms with Crippen LogP contribution < -0.4 is 10.1 Å². The van der Waals surface area contributed by atoms with Crippen molar-refractivity contribution in [1.82, 2.24) is 29.5 Å². The molecule has 0 spiro atoms. The lowest BCUT2D eigenvalue weighted by Gasteiger charge is -2.19. The third-order valence-electron chi connectivity index (χ3n) is 7.40. The number of nitrogens with one attached hydrogen (secondary N) is 1. The van der Waals surface area contributed by atoms with Gasteiger partial charge in [0.25, 0.3) is 0 Å². The van der Waals surface area contributed by atoms with E-state index in [-0.39, 0.29) is 17.8 Å². The average Bonchev–Trinajstić information content (AvgIpc) is 3.61. The van der Waals surface area contributed by atoms with Crippen LogP contribution in [0.15, 0.2) is 36.8 Å². The number of rotatable bonds is 7. The van der Waals surface area contributed by atoms with Crippen LogP contribution in [0.2, 0.25) is 0 Å². The molecule has 1 saturated carbocycles. The van der Waals surface area contributed by atoms with Crippen LogP contribution in [0.4, 0.5) is 23.4 Å². The van der Waals surface area contributed by atoms with Crippen molar-refractivity contribution in [3.63, 3.8) is 0 Å². The molecule has 0 saturated heterocycles. The zero-order valence-corrected chi connectivity index (χ0v) is 22.1. The average molecular weight is 554 g/mol. The molecule has 2 unspecified atom stereocenters. The molecule has 40 heavy (non-hydrogen) atoms. The third kappa shape index (κ3) is 4.75. The van der Waals surface area contributed by atoms with E-state index in [1.165, 1.54) is 25.1 Å². The molecule has 2 aliphatic rings. The minimum absolute atomic E-state index is 0.220. The molecule has 4 aromatic rings. The summed E-state index contributed by atoms with van der Waals surface area (Å²) >= 11 is 0. The van der Waals surface area contributed by atoms with Crippen LogP contribution >= 0.6 is 0 Å². The molecular formula is C28H27F4N7O. The van der Waals surface area contributed by atoms with Gasteiger partial charge in [-0.05, 0) is 38.2 Å². The summed E-state index contributed by atoms with van der Waals surface area (Å²) in [6.07, 6.45) is -0.461. The smallest absolute Gasteiger partial charge is 0.434 e. The zero-order valence-electron chi connectivity index (χ0n) is 22.1. The molecule has 12 heteroatoms. The number of aryl methyl sites for hydroxylation is 1. The largest absolute Gasteiger partial charge is 0.480 e. The number of hydrogen-bond donors (Lipinski definition) is 1. The molecule has 1 N–H and O–H groups in total. The fourth-order valence-electron chi connectivity index (χ4n) is 5.14. The standard InChI is InChI=1S/C28H27F4N7O/c1-14(15-4-8-17(9-5-15)26-36-20(12-39(26)2)28(30,31)32)35-24-18-10-11-19(29)23(18)37-25(38-24)21-22(16-6-7-16)33-13-34-27(21)40-3/h4-5,8-9,12-14,16,19H,6-7,10-11H2,1-3H3,(H,35,37,38). The molecule has 8 nitrogen and oxygen atoms in total. The highest BCUT2D eigenvalue weighted by Gasteiger charge is 2.35. The molecule has 0 amide bonds. The van der Waals surface area contributed by atoms with E-state index in [1.54, 1.807) is 12.1 Å². The topological polar surface area (TPSA) is 90.6 Å². The highest BCUT2D eigenvalue weighted by atomic mass is 19.4. The van der Waals surface area contributed by atoms with Gasteiger partial charge in [-0.15, -0.1) is 0 Å². The first-order valence-corrected chi connectivity index (χ1v) is 13.1. The lowest BCUT2D eigenvalue weighted by atomic mass is 10.0. The summed E-state index contributed by atoms with van der Waals surface area (Å²) in [5.74, 6) is 1.69. The number of ether oxygens (including phenoxy) is 1. The Kier molecular flexibility index (Phi) is 6.42. The summed E-state index contributed by atoms with van der Waals surface area (Å²) in [5.41, 5.74) is 2.98. The fourth-order valence-corrected chi connectivity index (χ4v) is 5.14. The van der Waals surface area contributed by atoms with Gasteiger partial charge in [-0.2, -0.15) is 13.2 Å². The number of hydrogen-bond acceptors (Lipinski definition) is 7. The first-order valence-electron chi connectivity index (χ1n) is 13.1. The van der Waals surface area contributed by atoms with Crippen LogP contribution in [0.1, 0.15) is 72.5 Å². The van der Waals surface area contributed by atoms with Crippen molar-refractivity contribution in [2.24, 2.45) is 7.05 Å². The van der Waals surface area contributed by atoms with Gasteiger partial charge in [0.2, 0.25) is 5.88 Å². The summed E-state index contributed by atoms with van der Waals surface area (Å²) in [5, 5.41) is 3.42. The number of nitrogens with zero attached hydrogens (tertiary/aromatic N) is 6. The van der Waals surface area contributed by atoms with Crippen LogP contribution in [-0.2, 0) is 19.6 Å². The normalized spacial score (nSPS) is 17.5. The van der Waals surface area contributed by atoms with Crippen LogP contribution in [0, 0.1) is 0 Å². The van der Waals surface area contributed by atoms with Gasteiger partial charge >= 0.3 is 6.18 Å². The van der Waals surface area contributed by atoms with Gasteiger partial charge in [0.05, 0.1) is 18.5 Å². The lowest BCUT2D eigenvalue weighted by Crippen LogP contribution is -2.13. The second-order valence-electron chi connectivity index (χ2n) is 10.2. The van der Waals surface area contributed by atoms with E-state index >= 15 is 0 Å². The summed E-state index contributed by atoms with van der Waals surface area (Å²) in [7, 11) is 3.05. The SMILES string of the molecule is COc1ncnc(C2CC2)c1-c1nc(NC(C)c2ccc(-c3nc(C(F)(F)F)cn3C)cc2)c2c(n1)C(F)CC2. The molecule has 0 aliphatic heterocycles. The zero-order chi connectivity index (χ0) is 28.2. The van der Waals surface area contributed by atoms with Gasteiger partial charge in [-0.3, -0.25) is 0 Å². The molecule has 1 aromatic carbocycles. The van der Waals surface area contributed by atoms with Crippen LogP contribution in [0.25, 0.3) is 22.8 Å². The summed E-state index contributed by atoms with van der Waals surface area (Å²) in [4.78, 5) is 21.9. The fraction of sp³-hybridized carbons (Fsp3) is 0.393. The molecule has 1 fully saturated rings. The number of alkyl halides is 4. The Labute approximate surface area is 227 Å². The minimum Gasteiger partial charge on any atom is -0.480 e. The van der Waals surface area contributed by atoms with Gasteiger partial charge < -0.3 is 14.6 Å². The van der Waals surface area contributed by atoms with Gasteiger partial charge in [0.1, 0.15) is 29.7 Å². The van der Waals surface area contributed by atoms with E-state index in [1.807, 2.05) is 19.1 Å². The first-order chi connectivity index (χ1) is 19.1. The number of imidazole rings is 1. The number of anilines is 1. The van der Waals surface area contributed by atoms with Crippen molar-refractivity contribution in [2.45, 2.75) is 56.9 Å². The van der Waals surface area contributed by atoms with E-state index < -0.39 is 18.0 Å². The molecule has 2 atom stereocenters. The Bertz CT molecular complexity index is 1560. The Morgan fingerprint density at radius 3 is 2.42 bits per heavy atom. The second kappa shape index (κ2) is 9.83. The maximum absolute atomic E-state index is 15.0. The Balaban J connectivity index is 1.32. The molecular weight excluding hydrogens is 526 g/mol. The van der Waals surface area contributed by atoms with Crippen molar-refractivity contribution >= 4 is 5.82 Å². The van der Waals surface area contributed by atoms with E-state index in [4.69, 9.17) is 9.72 Å². The predicted octanol–water partition coefficient (Wildman–Crippen LogP) is 6.37. The quantitative estimate of drug-likeness (QED) is 0.266. The number of benzene rings is 1. The first kappa shape index (κ1) is 26.1. The van der Waals surface area contributed by atoms with E-state index in [2.05, 4.69) is 25.3 Å². The number of methoxy groups -OCH3 is 1. The highest BCUT2D eigenvalue weighted by Crippen LogP contribution is 2.46. The highest BCUT2D eigenvalue weighted by molar-refractivity contribution is 5.69. The number of aromatic nitrogens is 6. The van der Waals surface area contributed by atoms with Crippen LogP contribution in [-0.4, -0.2) is 36.6 Å². The van der Waals surface area contributed by atoms with Crippen LogP contribution in [0.5, 0.6) is 5.88 Å². The van der Waals surface area contributed by atoms with Crippen molar-refractivity contribution in [1.29, 1.82) is 0 Å². The van der Waals surface area contributed by atoms with E-state index in [0.29, 0.717) is 47.2 Å². The van der Waals surface area contributed by atoms with Crippen LogP contribution in [0.3, 0.4) is 0 Å². The van der Waals surface area contributed by atoms with Gasteiger partial charge in [-0.25, -0.2) is 29.3 Å². The molecule has 2 aliphatic carbocycles. The number of fused-ring (bicyclic) bond motifs is 1. The lowest BCUT2D eigenvalue weighted by molar-refractivity contribution is -0.140. The molecule has 0 radical (unpaired) electrons. The Hall–Kier alpha value is -4.09. The van der Waals surface area contributed by atoms with Crippen molar-refractivity contribution in [2.75, 3.05) is 12.4 Å². The summed E-state index contributed by atoms with van der Waals surface area (Å²) in [6.45, 7) is 1.94. The second-order valence-corrected chi connectivity index (χ2v) is 10.2. The number of halogens is 4. The van der Waals surface area contributed by atoms with Crippen molar-refractivity contribution in [3.8, 4) is 28.7 Å². The minimum atomic E-state index is -4.51. The van der Waals surface area contributed by atoms with Crippen molar-refractivity contribution < 1.29 is 22.3 Å². The maximum atomic E-state index is 15.0. The van der Waals surface area contributed by atoms with E-state index in [0.717, 1.165) is 35.9 Å². The molecule has 0 bridgehead atoms. The Morgan fingerprint density at radius 1 is 1.02 bits per heavy atom. The molecule has 208 valence electrons. The van der Waals surface area contributed by atoms with Gasteiger partial charge in [-0.1, -0.05) is 24.3 Å².